The van der Waals surface area contributed by atoms with Gasteiger partial charge in [0.15, 0.2) is 0 Å². The van der Waals surface area contributed by atoms with Crippen molar-refractivity contribution >= 4 is 5.91 Å². The number of nitrogens with zero attached hydrogens (tertiary/aromatic N) is 4. The number of hydrogen-bond acceptors (Lipinski definition) is 6. The van der Waals surface area contributed by atoms with E-state index >= 15 is 0 Å². The number of rotatable bonds is 9. The molecule has 0 radical (unpaired) electrons. The van der Waals surface area contributed by atoms with Gasteiger partial charge in [0.1, 0.15) is 11.8 Å². The summed E-state index contributed by atoms with van der Waals surface area (Å²) in [5.74, 6) is 0.353. The molecule has 9 nitrogen and oxygen atoms in total. The van der Waals surface area contributed by atoms with Gasteiger partial charge in [0.2, 0.25) is 5.91 Å². The highest BCUT2D eigenvalue weighted by Crippen LogP contribution is 2.20. The fourth-order valence-corrected chi connectivity index (χ4v) is 3.66. The maximum atomic E-state index is 12.8. The molecule has 0 aliphatic heterocycles. The molecule has 0 saturated carbocycles. The maximum absolute atomic E-state index is 12.8. The van der Waals surface area contributed by atoms with Crippen LogP contribution in [-0.2, 0) is 11.3 Å². The fourth-order valence-electron chi connectivity index (χ4n) is 3.66. The van der Waals surface area contributed by atoms with E-state index in [9.17, 15) is 14.4 Å². The first-order chi connectivity index (χ1) is 17.5. The zero-order valence-corrected chi connectivity index (χ0v) is 20.1. The molecular weight excluding hydrogens is 458 g/mol. The van der Waals surface area contributed by atoms with Crippen LogP contribution in [0.3, 0.4) is 0 Å². The Kier molecular flexibility index (Phi) is 7.69. The molecule has 4 rings (SSSR count). The number of amides is 1. The Morgan fingerprint density at radius 3 is 2.19 bits per heavy atom. The third kappa shape index (κ3) is 5.75. The van der Waals surface area contributed by atoms with E-state index in [0.29, 0.717) is 18.0 Å². The van der Waals surface area contributed by atoms with Gasteiger partial charge >= 0.3 is 0 Å². The average Bonchev–Trinajstić information content (AvgIpc) is 2.91. The minimum Gasteiger partial charge on any atom is -0.494 e. The maximum Gasteiger partial charge on any atom is 0.267 e. The normalized spacial score (nSPS) is 11.6. The summed E-state index contributed by atoms with van der Waals surface area (Å²) in [7, 11) is 0. The van der Waals surface area contributed by atoms with Crippen molar-refractivity contribution in [1.82, 2.24) is 24.9 Å². The summed E-state index contributed by atoms with van der Waals surface area (Å²) in [6.07, 6.45) is 0. The van der Waals surface area contributed by atoms with E-state index < -0.39 is 6.04 Å². The Bertz CT molecular complexity index is 1450. The van der Waals surface area contributed by atoms with Crippen LogP contribution in [0.4, 0.5) is 0 Å². The van der Waals surface area contributed by atoms with Crippen molar-refractivity contribution < 1.29 is 9.53 Å². The molecular formula is C27H27N5O4. The summed E-state index contributed by atoms with van der Waals surface area (Å²) >= 11 is 0. The lowest BCUT2D eigenvalue weighted by Crippen LogP contribution is -2.39. The number of hydrogen-bond donors (Lipinski definition) is 1. The first-order valence-electron chi connectivity index (χ1n) is 11.7. The molecule has 2 aromatic carbocycles. The topological polar surface area (TPSA) is 108 Å². The number of carbonyl (C=O) groups excluding carboxylic acids is 1. The van der Waals surface area contributed by atoms with Crippen LogP contribution < -0.4 is 21.2 Å². The van der Waals surface area contributed by atoms with Crippen molar-refractivity contribution in [1.29, 1.82) is 0 Å². The lowest BCUT2D eigenvalue weighted by molar-refractivity contribution is -0.124. The highest BCUT2D eigenvalue weighted by molar-refractivity contribution is 5.79. The van der Waals surface area contributed by atoms with Gasteiger partial charge in [-0.15, -0.1) is 0 Å². The first-order valence-corrected chi connectivity index (χ1v) is 11.7. The second-order valence-electron chi connectivity index (χ2n) is 8.07. The molecule has 1 amide bonds. The number of aromatic nitrogens is 4. The monoisotopic (exact) mass is 485 g/mol. The Balaban J connectivity index is 1.43. The van der Waals surface area contributed by atoms with E-state index in [4.69, 9.17) is 4.74 Å². The summed E-state index contributed by atoms with van der Waals surface area (Å²) in [5, 5.41) is 11.6. The molecule has 4 aromatic rings. The zero-order chi connectivity index (χ0) is 25.5. The molecule has 1 N–H and O–H groups in total. The van der Waals surface area contributed by atoms with Gasteiger partial charge in [0, 0.05) is 29.8 Å². The van der Waals surface area contributed by atoms with Crippen LogP contribution in [-0.4, -0.2) is 38.6 Å². The van der Waals surface area contributed by atoms with Gasteiger partial charge in [0.25, 0.3) is 11.1 Å². The van der Waals surface area contributed by atoms with Crippen LogP contribution in [0.5, 0.6) is 5.75 Å². The first kappa shape index (κ1) is 24.6. The highest BCUT2D eigenvalue weighted by atomic mass is 16.5. The zero-order valence-electron chi connectivity index (χ0n) is 20.1. The van der Waals surface area contributed by atoms with Gasteiger partial charge in [-0.05, 0) is 50.2 Å². The molecule has 2 aromatic heterocycles. The van der Waals surface area contributed by atoms with E-state index in [2.05, 4.69) is 15.5 Å². The lowest BCUT2D eigenvalue weighted by Gasteiger charge is -2.15. The van der Waals surface area contributed by atoms with Crippen LogP contribution in [0.2, 0.25) is 0 Å². The van der Waals surface area contributed by atoms with E-state index in [-0.39, 0.29) is 30.1 Å². The van der Waals surface area contributed by atoms with Crippen LogP contribution in [0.25, 0.3) is 22.5 Å². The van der Waals surface area contributed by atoms with Crippen molar-refractivity contribution in [2.75, 3.05) is 13.2 Å². The summed E-state index contributed by atoms with van der Waals surface area (Å²) in [6, 6.07) is 22.2. The highest BCUT2D eigenvalue weighted by Gasteiger charge is 2.18. The SMILES string of the molecule is CCOc1ccc(-c2ccc(=O)n(C(C)C(=O)NCCn3nc(-c4ccccc4)ccc3=O)n2)cc1. The van der Waals surface area contributed by atoms with E-state index in [0.717, 1.165) is 21.6 Å². The summed E-state index contributed by atoms with van der Waals surface area (Å²) < 4.78 is 7.92. The van der Waals surface area contributed by atoms with Gasteiger partial charge in [0.05, 0.1) is 24.5 Å². The van der Waals surface area contributed by atoms with Crippen molar-refractivity contribution in [2.45, 2.75) is 26.4 Å². The molecule has 184 valence electrons. The smallest absolute Gasteiger partial charge is 0.267 e. The van der Waals surface area contributed by atoms with Crippen LogP contribution in [0.15, 0.2) is 88.5 Å². The van der Waals surface area contributed by atoms with Crippen molar-refractivity contribution in [3.8, 4) is 28.3 Å². The average molecular weight is 486 g/mol. The largest absolute Gasteiger partial charge is 0.494 e. The summed E-state index contributed by atoms with van der Waals surface area (Å²) in [6.45, 7) is 4.44. The second kappa shape index (κ2) is 11.3. The van der Waals surface area contributed by atoms with Gasteiger partial charge in [-0.25, -0.2) is 9.36 Å². The molecule has 0 saturated heterocycles. The Hall–Kier alpha value is -4.53. The van der Waals surface area contributed by atoms with Gasteiger partial charge < -0.3 is 10.1 Å². The molecule has 36 heavy (non-hydrogen) atoms. The van der Waals surface area contributed by atoms with Gasteiger partial charge in [-0.1, -0.05) is 30.3 Å². The quantitative estimate of drug-likeness (QED) is 0.391. The number of benzene rings is 2. The van der Waals surface area contributed by atoms with Crippen molar-refractivity contribution in [3.63, 3.8) is 0 Å². The molecule has 2 heterocycles. The molecule has 0 bridgehead atoms. The molecule has 0 aliphatic carbocycles. The van der Waals surface area contributed by atoms with Gasteiger partial charge in [-0.3, -0.25) is 14.4 Å². The van der Waals surface area contributed by atoms with Crippen molar-refractivity contribution in [2.24, 2.45) is 0 Å². The molecule has 9 heteroatoms. The number of ether oxygens (including phenoxy) is 1. The third-order valence-electron chi connectivity index (χ3n) is 5.59. The standard InChI is InChI=1S/C27H27N5O4/c1-3-36-22-11-9-21(10-12-22)24-14-16-26(34)32(30-24)19(2)27(35)28-17-18-31-25(33)15-13-23(29-31)20-7-5-4-6-8-20/h4-16,19H,3,17-18H2,1-2H3,(H,28,35). The van der Waals surface area contributed by atoms with Crippen LogP contribution >= 0.6 is 0 Å². The molecule has 0 spiro atoms. The molecule has 1 unspecified atom stereocenters. The Morgan fingerprint density at radius 1 is 0.861 bits per heavy atom. The number of nitrogens with one attached hydrogen (secondary N) is 1. The predicted octanol–water partition coefficient (Wildman–Crippen LogP) is 2.91. The molecule has 1 atom stereocenters. The minimum absolute atomic E-state index is 0.168. The van der Waals surface area contributed by atoms with Crippen LogP contribution in [0, 0.1) is 0 Å². The molecule has 0 aliphatic rings. The van der Waals surface area contributed by atoms with Crippen molar-refractivity contribution in [3.05, 3.63) is 99.6 Å². The summed E-state index contributed by atoms with van der Waals surface area (Å²) in [5.41, 5.74) is 2.26. The van der Waals surface area contributed by atoms with Crippen LogP contribution in [0.1, 0.15) is 19.9 Å². The van der Waals surface area contributed by atoms with E-state index in [1.54, 1.807) is 19.1 Å². The predicted molar refractivity (Wildman–Crippen MR) is 137 cm³/mol. The summed E-state index contributed by atoms with van der Waals surface area (Å²) in [4.78, 5) is 37.5. The number of carbonyl (C=O) groups is 1. The Labute approximate surface area is 208 Å². The minimum atomic E-state index is -0.847. The Morgan fingerprint density at radius 2 is 1.50 bits per heavy atom. The lowest BCUT2D eigenvalue weighted by atomic mass is 10.1. The van der Waals surface area contributed by atoms with E-state index in [1.807, 2.05) is 61.5 Å². The third-order valence-corrected chi connectivity index (χ3v) is 5.59. The second-order valence-corrected chi connectivity index (χ2v) is 8.07. The fraction of sp³-hybridized carbons (Fsp3) is 0.222. The van der Waals surface area contributed by atoms with E-state index in [1.165, 1.54) is 16.8 Å². The van der Waals surface area contributed by atoms with Gasteiger partial charge in [-0.2, -0.15) is 10.2 Å². The molecule has 0 fully saturated rings.